The third kappa shape index (κ3) is 4.59. The van der Waals surface area contributed by atoms with E-state index in [1.807, 2.05) is 0 Å². The average molecular weight is 602 g/mol. The Morgan fingerprint density at radius 3 is 1.89 bits per heavy atom. The van der Waals surface area contributed by atoms with E-state index in [1.54, 1.807) is 0 Å². The van der Waals surface area contributed by atoms with Crippen molar-refractivity contribution < 1.29 is 0 Å². The monoisotopic (exact) mass is 601 g/mol. The molecule has 7 rings (SSSR count). The van der Waals surface area contributed by atoms with E-state index < -0.39 is 0 Å². The summed E-state index contributed by atoms with van der Waals surface area (Å²) in [6, 6.07) is 35.1. The summed E-state index contributed by atoms with van der Waals surface area (Å²) in [5.41, 5.74) is 20.4. The molecule has 0 unspecified atom stereocenters. The van der Waals surface area contributed by atoms with Crippen LogP contribution in [0.25, 0.3) is 11.1 Å². The van der Waals surface area contributed by atoms with E-state index in [-0.39, 0.29) is 23.0 Å². The van der Waals surface area contributed by atoms with Crippen LogP contribution in [0.4, 0.5) is 17.1 Å². The van der Waals surface area contributed by atoms with Crippen LogP contribution in [0.15, 0.2) is 91.0 Å². The molecule has 232 valence electrons. The second kappa shape index (κ2) is 10.2. The summed E-state index contributed by atoms with van der Waals surface area (Å²) in [6.07, 6.45) is 0. The Morgan fingerprint density at radius 2 is 1.26 bits per heavy atom. The molecule has 0 atom stereocenters. The number of hydrogen-bond donors (Lipinski definition) is 0. The summed E-state index contributed by atoms with van der Waals surface area (Å²) in [6.45, 7) is 26.0. The third-order valence-corrected chi connectivity index (χ3v) is 10.6. The number of rotatable bonds is 2. The highest BCUT2D eigenvalue weighted by molar-refractivity contribution is 6.99. The first-order valence-corrected chi connectivity index (χ1v) is 17.0. The van der Waals surface area contributed by atoms with Gasteiger partial charge in [-0.2, -0.15) is 0 Å². The van der Waals surface area contributed by atoms with E-state index in [0.717, 1.165) is 0 Å². The van der Waals surface area contributed by atoms with Gasteiger partial charge in [-0.15, -0.1) is 0 Å². The van der Waals surface area contributed by atoms with Crippen molar-refractivity contribution in [1.29, 1.82) is 0 Å². The minimum atomic E-state index is -0.188. The zero-order chi connectivity index (χ0) is 32.9. The minimum absolute atomic E-state index is 0.00517. The fraction of sp³-hybridized carbons (Fsp3) is 0.318. The van der Waals surface area contributed by atoms with Crippen molar-refractivity contribution in [2.45, 2.75) is 92.4 Å². The van der Waals surface area contributed by atoms with Crippen molar-refractivity contribution in [2.75, 3.05) is 4.90 Å². The van der Waals surface area contributed by atoms with E-state index in [1.165, 1.54) is 83.5 Å². The molecule has 0 saturated heterocycles. The molecule has 0 radical (unpaired) electrons. The SMILES string of the molecule is Cc1cc(C)c(N2c3ccc(C(C)(C)C)cc3B3c4ccc(-c5ccccc5)cc4C(C)(C)c4c(C(C)(C)C)ccc2c43)c(C)c1. The van der Waals surface area contributed by atoms with Gasteiger partial charge in [0.15, 0.2) is 0 Å². The summed E-state index contributed by atoms with van der Waals surface area (Å²) in [5, 5.41) is 0. The van der Waals surface area contributed by atoms with E-state index in [2.05, 4.69) is 172 Å². The topological polar surface area (TPSA) is 3.24 Å². The van der Waals surface area contributed by atoms with Crippen LogP contribution in [0.2, 0.25) is 0 Å². The highest BCUT2D eigenvalue weighted by Gasteiger charge is 2.48. The van der Waals surface area contributed by atoms with Gasteiger partial charge in [0.2, 0.25) is 6.71 Å². The normalized spacial score (nSPS) is 14.9. The molecular weight excluding hydrogens is 553 g/mol. The van der Waals surface area contributed by atoms with Crippen LogP contribution < -0.4 is 21.3 Å². The Hall–Kier alpha value is -4.04. The molecule has 0 N–H and O–H groups in total. The first-order chi connectivity index (χ1) is 21.6. The van der Waals surface area contributed by atoms with Crippen LogP contribution in [-0.4, -0.2) is 6.71 Å². The molecule has 0 bridgehead atoms. The van der Waals surface area contributed by atoms with Crippen molar-refractivity contribution in [2.24, 2.45) is 0 Å². The third-order valence-electron chi connectivity index (χ3n) is 10.6. The molecule has 0 aliphatic carbocycles. The highest BCUT2D eigenvalue weighted by atomic mass is 15.2. The second-order valence-corrected chi connectivity index (χ2v) is 16.5. The molecule has 2 heteroatoms. The predicted molar refractivity (Wildman–Crippen MR) is 201 cm³/mol. The number of hydrogen-bond acceptors (Lipinski definition) is 1. The number of benzene rings is 5. The maximum atomic E-state index is 2.60. The van der Waals surface area contributed by atoms with Crippen LogP contribution in [0.3, 0.4) is 0 Å². The Morgan fingerprint density at radius 1 is 0.609 bits per heavy atom. The van der Waals surface area contributed by atoms with Gasteiger partial charge in [0.25, 0.3) is 0 Å². The summed E-state index contributed by atoms with van der Waals surface area (Å²) in [5.74, 6) is 0. The number of anilines is 3. The summed E-state index contributed by atoms with van der Waals surface area (Å²) in [7, 11) is 0. The lowest BCUT2D eigenvalue weighted by Gasteiger charge is -2.48. The van der Waals surface area contributed by atoms with Crippen LogP contribution in [0.5, 0.6) is 0 Å². The molecule has 0 aromatic heterocycles. The van der Waals surface area contributed by atoms with Crippen LogP contribution in [0, 0.1) is 20.8 Å². The van der Waals surface area contributed by atoms with Gasteiger partial charge >= 0.3 is 0 Å². The fourth-order valence-corrected chi connectivity index (χ4v) is 8.52. The predicted octanol–water partition coefficient (Wildman–Crippen LogP) is 9.81. The second-order valence-electron chi connectivity index (χ2n) is 16.5. The zero-order valence-electron chi connectivity index (χ0n) is 29.7. The molecule has 0 amide bonds. The van der Waals surface area contributed by atoms with Crippen molar-refractivity contribution in [1.82, 2.24) is 0 Å². The van der Waals surface area contributed by atoms with Gasteiger partial charge in [-0.25, -0.2) is 0 Å². The quantitative estimate of drug-likeness (QED) is 0.179. The summed E-state index contributed by atoms with van der Waals surface area (Å²) >= 11 is 0. The molecule has 0 saturated carbocycles. The molecular formula is C44H48BN. The molecule has 46 heavy (non-hydrogen) atoms. The van der Waals surface area contributed by atoms with E-state index >= 15 is 0 Å². The summed E-state index contributed by atoms with van der Waals surface area (Å²) < 4.78 is 0. The molecule has 2 aliphatic heterocycles. The lowest BCUT2D eigenvalue weighted by Crippen LogP contribution is -2.64. The van der Waals surface area contributed by atoms with Crippen molar-refractivity contribution in [3.63, 3.8) is 0 Å². The molecule has 0 fully saturated rings. The van der Waals surface area contributed by atoms with E-state index in [0.29, 0.717) is 0 Å². The average Bonchev–Trinajstić information content (AvgIpc) is 2.98. The highest BCUT2D eigenvalue weighted by Crippen LogP contribution is 2.48. The van der Waals surface area contributed by atoms with Crippen LogP contribution in [0.1, 0.15) is 94.3 Å². The fourth-order valence-electron chi connectivity index (χ4n) is 8.52. The van der Waals surface area contributed by atoms with Crippen molar-refractivity contribution in [3.8, 4) is 11.1 Å². The largest absolute Gasteiger partial charge is 0.311 e. The first kappa shape index (κ1) is 30.6. The van der Waals surface area contributed by atoms with Crippen molar-refractivity contribution >= 4 is 40.2 Å². The zero-order valence-corrected chi connectivity index (χ0v) is 29.7. The van der Waals surface area contributed by atoms with Gasteiger partial charge in [-0.05, 0) is 99.2 Å². The Labute approximate surface area is 277 Å². The van der Waals surface area contributed by atoms with Gasteiger partial charge in [0.1, 0.15) is 0 Å². The van der Waals surface area contributed by atoms with Crippen LogP contribution >= 0.6 is 0 Å². The van der Waals surface area contributed by atoms with Gasteiger partial charge < -0.3 is 4.90 Å². The van der Waals surface area contributed by atoms with Crippen molar-refractivity contribution in [3.05, 3.63) is 130 Å². The summed E-state index contributed by atoms with van der Waals surface area (Å²) in [4.78, 5) is 2.60. The Kier molecular flexibility index (Phi) is 6.81. The lowest BCUT2D eigenvalue weighted by atomic mass is 9.29. The van der Waals surface area contributed by atoms with Gasteiger partial charge in [0, 0.05) is 16.8 Å². The smallest absolute Gasteiger partial charge is 0.247 e. The standard InChI is InChI=1S/C44H48BN/c1-27-23-28(2)41(29(3)24-27)46-37-21-18-32(42(4,5)6)26-36(37)45-35-20-17-31(30-15-13-12-14-16-30)25-34(35)44(10,11)39-33(43(7,8)9)19-22-38(46)40(39)45/h12-26H,1-11H3. The molecule has 2 heterocycles. The lowest BCUT2D eigenvalue weighted by molar-refractivity contribution is 0.552. The van der Waals surface area contributed by atoms with Gasteiger partial charge in [0.05, 0.1) is 5.69 Å². The minimum Gasteiger partial charge on any atom is -0.311 e. The first-order valence-electron chi connectivity index (χ1n) is 17.0. The Bertz CT molecular complexity index is 1990. The van der Waals surface area contributed by atoms with Gasteiger partial charge in [-0.1, -0.05) is 145 Å². The molecule has 2 aliphatic rings. The van der Waals surface area contributed by atoms with Crippen LogP contribution in [-0.2, 0) is 16.2 Å². The number of fused-ring (bicyclic) bond motifs is 4. The molecule has 0 spiro atoms. The van der Waals surface area contributed by atoms with Gasteiger partial charge in [-0.3, -0.25) is 0 Å². The number of nitrogens with zero attached hydrogens (tertiary/aromatic N) is 1. The Balaban J connectivity index is 1.63. The maximum absolute atomic E-state index is 2.60. The number of aryl methyl sites for hydroxylation is 3. The van der Waals surface area contributed by atoms with E-state index in [4.69, 9.17) is 0 Å². The van der Waals surface area contributed by atoms with E-state index in [9.17, 15) is 0 Å². The molecule has 5 aromatic carbocycles. The molecule has 5 aromatic rings. The maximum Gasteiger partial charge on any atom is 0.247 e. The molecule has 1 nitrogen and oxygen atoms in total.